The maximum absolute atomic E-state index is 13.1. The number of carbonyl (C=O) groups is 4. The van der Waals surface area contributed by atoms with Crippen LogP contribution in [-0.4, -0.2) is 80.4 Å². The molecule has 8 atom stereocenters. The first kappa shape index (κ1) is 34.7. The summed E-state index contributed by atoms with van der Waals surface area (Å²) < 4.78 is 23.0. The fraction of sp³-hybridized carbons (Fsp3) is 0.750. The summed E-state index contributed by atoms with van der Waals surface area (Å²) in [4.78, 5) is 51.7. The van der Waals surface area contributed by atoms with Gasteiger partial charge in [0.15, 0.2) is 29.5 Å². The van der Waals surface area contributed by atoms with Crippen LogP contribution in [0.1, 0.15) is 106 Å². The SMILES string of the molecule is C/C=C(\C)C(=O)O[C@H]1C(C)=C2[C@H]([C@@H]1OC(=O)CCCCCCC)[C@@](C)(O)C[C@H](OC(=O)CCC)[C@@]1(O)[C@H]2OC(=O)[C@@]1(C)O. The molecule has 0 aromatic heterocycles. The Bertz CT molecular complexity index is 1150. The van der Waals surface area contributed by atoms with E-state index in [1.165, 1.54) is 6.92 Å². The summed E-state index contributed by atoms with van der Waals surface area (Å²) in [5.74, 6) is -4.23. The van der Waals surface area contributed by atoms with Crippen LogP contribution in [0, 0.1) is 5.92 Å². The average molecular weight is 609 g/mol. The van der Waals surface area contributed by atoms with E-state index in [0.29, 0.717) is 18.4 Å². The van der Waals surface area contributed by atoms with E-state index in [1.54, 1.807) is 33.8 Å². The zero-order chi connectivity index (χ0) is 32.3. The molecular weight excluding hydrogens is 560 g/mol. The van der Waals surface area contributed by atoms with Crippen molar-refractivity contribution in [1.29, 1.82) is 0 Å². The third-order valence-corrected chi connectivity index (χ3v) is 9.16. The zero-order valence-electron chi connectivity index (χ0n) is 26.4. The molecule has 242 valence electrons. The van der Waals surface area contributed by atoms with Gasteiger partial charge in [-0.2, -0.15) is 0 Å². The first-order chi connectivity index (χ1) is 20.1. The van der Waals surface area contributed by atoms with Gasteiger partial charge in [0, 0.05) is 24.8 Å². The number of hydrogen-bond acceptors (Lipinski definition) is 11. The number of hydrogen-bond donors (Lipinski definition) is 3. The van der Waals surface area contributed by atoms with Crippen molar-refractivity contribution in [3.63, 3.8) is 0 Å². The Hall–Kier alpha value is -2.76. The molecule has 0 amide bonds. The van der Waals surface area contributed by atoms with E-state index in [9.17, 15) is 34.5 Å². The van der Waals surface area contributed by atoms with Crippen LogP contribution in [0.2, 0.25) is 0 Å². The van der Waals surface area contributed by atoms with Crippen molar-refractivity contribution in [2.75, 3.05) is 0 Å². The second-order valence-electron chi connectivity index (χ2n) is 12.5. The van der Waals surface area contributed by atoms with Gasteiger partial charge in [-0.15, -0.1) is 0 Å². The van der Waals surface area contributed by atoms with E-state index >= 15 is 0 Å². The lowest BCUT2D eigenvalue weighted by Gasteiger charge is -2.40. The van der Waals surface area contributed by atoms with Gasteiger partial charge < -0.3 is 34.3 Å². The van der Waals surface area contributed by atoms with Gasteiger partial charge in [0.25, 0.3) is 0 Å². The Morgan fingerprint density at radius 2 is 1.58 bits per heavy atom. The molecule has 2 fully saturated rings. The van der Waals surface area contributed by atoms with Crippen LogP contribution in [0.25, 0.3) is 0 Å². The monoisotopic (exact) mass is 608 g/mol. The van der Waals surface area contributed by atoms with Crippen molar-refractivity contribution in [3.8, 4) is 0 Å². The minimum absolute atomic E-state index is 0.00229. The average Bonchev–Trinajstić information content (AvgIpc) is 3.27. The third-order valence-electron chi connectivity index (χ3n) is 9.16. The van der Waals surface area contributed by atoms with E-state index in [4.69, 9.17) is 18.9 Å². The minimum atomic E-state index is -2.53. The van der Waals surface area contributed by atoms with E-state index in [1.807, 2.05) is 0 Å². The molecule has 0 unspecified atom stereocenters. The first-order valence-electron chi connectivity index (χ1n) is 15.4. The number of ether oxygens (including phenoxy) is 4. The molecule has 0 spiro atoms. The number of unbranched alkanes of at least 4 members (excludes halogenated alkanes) is 4. The predicted molar refractivity (Wildman–Crippen MR) is 154 cm³/mol. The summed E-state index contributed by atoms with van der Waals surface area (Å²) in [6, 6.07) is 0. The topological polar surface area (TPSA) is 166 Å². The first-order valence-corrected chi connectivity index (χ1v) is 15.4. The summed E-state index contributed by atoms with van der Waals surface area (Å²) in [6.07, 6.45) is 0.561. The molecule has 1 aliphatic heterocycles. The van der Waals surface area contributed by atoms with Crippen LogP contribution in [0.5, 0.6) is 0 Å². The van der Waals surface area contributed by atoms with E-state index < -0.39 is 77.4 Å². The van der Waals surface area contributed by atoms with Gasteiger partial charge in [-0.1, -0.05) is 45.6 Å². The summed E-state index contributed by atoms with van der Waals surface area (Å²) >= 11 is 0. The molecule has 11 nitrogen and oxygen atoms in total. The lowest BCUT2D eigenvalue weighted by atomic mass is 9.75. The molecule has 3 N–H and O–H groups in total. The maximum atomic E-state index is 13.1. The van der Waals surface area contributed by atoms with Crippen molar-refractivity contribution in [1.82, 2.24) is 0 Å². The Labute approximate surface area is 253 Å². The van der Waals surface area contributed by atoms with Crippen molar-refractivity contribution in [2.24, 2.45) is 5.92 Å². The molecule has 1 saturated heterocycles. The molecule has 2 aliphatic carbocycles. The van der Waals surface area contributed by atoms with Crippen LogP contribution in [0.3, 0.4) is 0 Å². The maximum Gasteiger partial charge on any atom is 0.341 e. The fourth-order valence-electron chi connectivity index (χ4n) is 6.49. The summed E-state index contributed by atoms with van der Waals surface area (Å²) in [6.45, 7) is 11.2. The number of fused-ring (bicyclic) bond motifs is 3. The lowest BCUT2D eigenvalue weighted by molar-refractivity contribution is -0.208. The Balaban J connectivity index is 2.12. The van der Waals surface area contributed by atoms with E-state index in [-0.39, 0.29) is 24.0 Å². The molecule has 0 bridgehead atoms. The molecule has 11 heteroatoms. The highest BCUT2D eigenvalue weighted by Crippen LogP contribution is 2.56. The number of esters is 4. The van der Waals surface area contributed by atoms with Crippen LogP contribution < -0.4 is 0 Å². The van der Waals surface area contributed by atoms with Gasteiger partial charge in [-0.25, -0.2) is 9.59 Å². The van der Waals surface area contributed by atoms with Crippen molar-refractivity contribution in [2.45, 2.75) is 147 Å². The molecule has 0 aromatic carbocycles. The normalized spacial score (nSPS) is 35.5. The second-order valence-corrected chi connectivity index (χ2v) is 12.5. The summed E-state index contributed by atoms with van der Waals surface area (Å²) in [5, 5.41) is 35.5. The molecule has 0 radical (unpaired) electrons. The minimum Gasteiger partial charge on any atom is -0.459 e. The molecule has 1 saturated carbocycles. The van der Waals surface area contributed by atoms with Crippen LogP contribution >= 0.6 is 0 Å². The Morgan fingerprint density at radius 1 is 0.953 bits per heavy atom. The third kappa shape index (κ3) is 6.54. The number of allylic oxidation sites excluding steroid dienone is 1. The van der Waals surface area contributed by atoms with E-state index in [2.05, 4.69) is 6.92 Å². The van der Waals surface area contributed by atoms with E-state index in [0.717, 1.165) is 32.6 Å². The second kappa shape index (κ2) is 13.5. The molecule has 3 aliphatic rings. The molecule has 43 heavy (non-hydrogen) atoms. The van der Waals surface area contributed by atoms with Gasteiger partial charge in [-0.05, 0) is 58.6 Å². The van der Waals surface area contributed by atoms with Gasteiger partial charge in [0.2, 0.25) is 0 Å². The number of carbonyl (C=O) groups excluding carboxylic acids is 4. The Morgan fingerprint density at radius 3 is 2.19 bits per heavy atom. The summed E-state index contributed by atoms with van der Waals surface area (Å²) in [7, 11) is 0. The molecular formula is C32H48O11. The largest absolute Gasteiger partial charge is 0.459 e. The van der Waals surface area contributed by atoms with Gasteiger partial charge in [0.05, 0.1) is 11.5 Å². The highest BCUT2D eigenvalue weighted by Gasteiger charge is 2.75. The van der Waals surface area contributed by atoms with Crippen LogP contribution in [0.15, 0.2) is 22.8 Å². The molecule has 0 aromatic rings. The lowest BCUT2D eigenvalue weighted by Crippen LogP contribution is -2.64. The van der Waals surface area contributed by atoms with Gasteiger partial charge >= 0.3 is 23.9 Å². The highest BCUT2D eigenvalue weighted by atomic mass is 16.6. The van der Waals surface area contributed by atoms with Crippen molar-refractivity contribution >= 4 is 23.9 Å². The highest BCUT2D eigenvalue weighted by molar-refractivity contribution is 5.88. The number of rotatable bonds is 12. The quantitative estimate of drug-likeness (QED) is 0.0978. The van der Waals surface area contributed by atoms with Crippen LogP contribution in [-0.2, 0) is 38.1 Å². The smallest absolute Gasteiger partial charge is 0.341 e. The Kier molecular flexibility index (Phi) is 10.9. The summed E-state index contributed by atoms with van der Waals surface area (Å²) in [5.41, 5.74) is -6.17. The standard InChI is InChI=1S/C32H48O11/c1-8-11-12-13-14-16-22(34)41-26-24-23(19(5)25(26)42-28(35)18(4)10-3)27-32(39,31(7,38)29(36)43-27)20(17-30(24,6)37)40-21(33)15-9-2/h10,20,24-27,37-39H,8-9,11-17H2,1-7H3/b18-10+/t20-,24+,25-,26-,27-,30-,31+,32+/m0/s1. The zero-order valence-corrected chi connectivity index (χ0v) is 26.4. The predicted octanol–water partition coefficient (Wildman–Crippen LogP) is 3.36. The van der Waals surface area contributed by atoms with Gasteiger partial charge in [0.1, 0.15) is 6.10 Å². The van der Waals surface area contributed by atoms with Crippen molar-refractivity contribution < 1.29 is 53.4 Å². The van der Waals surface area contributed by atoms with Gasteiger partial charge in [-0.3, -0.25) is 9.59 Å². The number of aliphatic hydroxyl groups is 3. The molecule has 1 heterocycles. The molecule has 3 rings (SSSR count). The fourth-order valence-corrected chi connectivity index (χ4v) is 6.49. The van der Waals surface area contributed by atoms with Crippen LogP contribution in [0.4, 0.5) is 0 Å². The van der Waals surface area contributed by atoms with Crippen molar-refractivity contribution in [3.05, 3.63) is 22.8 Å².